The van der Waals surface area contributed by atoms with E-state index in [1.54, 1.807) is 6.07 Å². The Kier molecular flexibility index (Phi) is 10.9. The Hall–Kier alpha value is -4.10. The molecular formula is C31H39N5O7S. The maximum atomic E-state index is 13.1. The van der Waals surface area contributed by atoms with E-state index in [0.717, 1.165) is 18.4 Å². The molecule has 1 aliphatic carbocycles. The smallest absolute Gasteiger partial charge is 0.291 e. The number of nitrogens with one attached hydrogen (secondary N) is 2. The van der Waals surface area contributed by atoms with Crippen molar-refractivity contribution >= 4 is 35.5 Å². The number of benzene rings is 1. The van der Waals surface area contributed by atoms with E-state index in [9.17, 15) is 14.4 Å². The summed E-state index contributed by atoms with van der Waals surface area (Å²) in [4.78, 5) is 44.5. The number of nitrogens with zero attached hydrogens (tertiary/aromatic N) is 2. The molecular weight excluding hydrogens is 586 g/mol. The van der Waals surface area contributed by atoms with Crippen molar-refractivity contribution in [3.8, 4) is 23.5 Å². The number of hydrogen-bond donors (Lipinski definition) is 3. The Morgan fingerprint density at radius 1 is 1.18 bits per heavy atom. The summed E-state index contributed by atoms with van der Waals surface area (Å²) < 4.78 is 22.6. The fourth-order valence-electron chi connectivity index (χ4n) is 4.88. The van der Waals surface area contributed by atoms with Gasteiger partial charge in [-0.05, 0) is 66.8 Å². The van der Waals surface area contributed by atoms with E-state index in [2.05, 4.69) is 46.6 Å². The lowest BCUT2D eigenvalue weighted by Gasteiger charge is -2.20. The second-order valence-electron chi connectivity index (χ2n) is 11.1. The fraction of sp³-hybridized carbons (Fsp3) is 0.452. The van der Waals surface area contributed by atoms with E-state index in [-0.39, 0.29) is 46.9 Å². The van der Waals surface area contributed by atoms with Gasteiger partial charge in [0.15, 0.2) is 16.6 Å². The van der Waals surface area contributed by atoms with Crippen LogP contribution in [0.5, 0.6) is 23.5 Å². The minimum atomic E-state index is -0.571. The van der Waals surface area contributed by atoms with E-state index >= 15 is 0 Å². The van der Waals surface area contributed by atoms with Gasteiger partial charge in [0, 0.05) is 24.8 Å². The number of carbonyl (C=O) groups excluding carboxylic acids is 3. The molecule has 0 saturated heterocycles. The van der Waals surface area contributed by atoms with Crippen LogP contribution in [0.3, 0.4) is 0 Å². The third kappa shape index (κ3) is 8.08. The highest BCUT2D eigenvalue weighted by Crippen LogP contribution is 2.42. The summed E-state index contributed by atoms with van der Waals surface area (Å²) in [6.07, 6.45) is 4.17. The van der Waals surface area contributed by atoms with Gasteiger partial charge < -0.3 is 39.8 Å². The predicted molar refractivity (Wildman–Crippen MR) is 166 cm³/mol. The first-order valence-corrected chi connectivity index (χ1v) is 15.4. The van der Waals surface area contributed by atoms with Crippen molar-refractivity contribution in [3.05, 3.63) is 46.7 Å². The third-order valence-electron chi connectivity index (χ3n) is 7.38. The number of hydrogen-bond acceptors (Lipinski definition) is 11. The molecule has 3 aromatic rings. The van der Waals surface area contributed by atoms with E-state index < -0.39 is 11.9 Å². The van der Waals surface area contributed by atoms with E-state index in [1.807, 2.05) is 6.92 Å². The van der Waals surface area contributed by atoms with Gasteiger partial charge >= 0.3 is 0 Å². The number of ether oxygens (including phenoxy) is 3. The largest absolute Gasteiger partial charge is 0.479 e. The molecule has 2 aromatic heterocycles. The number of aryl methyl sites for hydroxylation is 2. The van der Waals surface area contributed by atoms with Gasteiger partial charge in [-0.2, -0.15) is 9.97 Å². The number of carbonyl (C=O) groups is 3. The van der Waals surface area contributed by atoms with Crippen molar-refractivity contribution < 1.29 is 33.0 Å². The third-order valence-corrected chi connectivity index (χ3v) is 8.23. The number of aromatic nitrogens is 2. The first-order valence-electron chi connectivity index (χ1n) is 14.4. The maximum Gasteiger partial charge on any atom is 0.291 e. The Balaban J connectivity index is 1.36. The Morgan fingerprint density at radius 2 is 1.91 bits per heavy atom. The SMILES string of the molecule is COc1nc(SCCC(=O)NCCC[C@@H](N)C=O)nc(OC)c1NC(=O)c1ccc(Oc2cc3c(cc2C)CCC3(C)C)o1. The normalized spacial score (nSPS) is 14.0. The fourth-order valence-corrected chi connectivity index (χ4v) is 5.65. The topological polar surface area (TPSA) is 168 Å². The molecule has 4 rings (SSSR count). The lowest BCUT2D eigenvalue weighted by atomic mass is 9.86. The molecule has 2 amide bonds. The molecule has 2 heterocycles. The van der Waals surface area contributed by atoms with Gasteiger partial charge in [-0.1, -0.05) is 31.7 Å². The number of aldehydes is 1. The van der Waals surface area contributed by atoms with Gasteiger partial charge in [0.1, 0.15) is 12.0 Å². The van der Waals surface area contributed by atoms with Crippen molar-refractivity contribution in [2.45, 2.75) is 69.5 Å². The van der Waals surface area contributed by atoms with E-state index in [4.69, 9.17) is 24.4 Å². The highest BCUT2D eigenvalue weighted by molar-refractivity contribution is 7.99. The summed E-state index contributed by atoms with van der Waals surface area (Å²) in [7, 11) is 2.82. The number of amides is 2. The van der Waals surface area contributed by atoms with Crippen molar-refractivity contribution in [1.82, 2.24) is 15.3 Å². The van der Waals surface area contributed by atoms with Gasteiger partial charge in [-0.15, -0.1) is 0 Å². The van der Waals surface area contributed by atoms with Crippen LogP contribution in [-0.2, 0) is 21.4 Å². The van der Waals surface area contributed by atoms with Crippen LogP contribution in [0.4, 0.5) is 5.69 Å². The first-order chi connectivity index (χ1) is 21.0. The molecule has 0 radical (unpaired) electrons. The van der Waals surface area contributed by atoms with E-state index in [1.165, 1.54) is 43.2 Å². The molecule has 0 spiro atoms. The molecule has 44 heavy (non-hydrogen) atoms. The van der Waals surface area contributed by atoms with Crippen LogP contribution >= 0.6 is 11.8 Å². The minimum Gasteiger partial charge on any atom is -0.479 e. The lowest BCUT2D eigenvalue weighted by molar-refractivity contribution is -0.120. The minimum absolute atomic E-state index is 0.0147. The number of nitrogens with two attached hydrogens (primary N) is 1. The van der Waals surface area contributed by atoms with Crippen LogP contribution in [-0.4, -0.2) is 60.6 Å². The Labute approximate surface area is 260 Å². The van der Waals surface area contributed by atoms with Crippen molar-refractivity contribution in [3.63, 3.8) is 0 Å². The quantitative estimate of drug-likeness (QED) is 0.0936. The number of anilines is 1. The maximum absolute atomic E-state index is 13.1. The lowest BCUT2D eigenvalue weighted by Crippen LogP contribution is -2.27. The Bertz CT molecular complexity index is 1480. The highest BCUT2D eigenvalue weighted by atomic mass is 32.2. The van der Waals surface area contributed by atoms with Gasteiger partial charge in [-0.3, -0.25) is 9.59 Å². The summed E-state index contributed by atoms with van der Waals surface area (Å²) in [5.74, 6) is 0.738. The standard InChI is InChI=1S/C31H39N5O7S/c1-18-15-19-10-12-31(2,3)21(19)16-23(18)43-25-9-8-22(42-25)27(39)34-26-28(40-4)35-30(36-29(26)41-5)44-14-11-24(38)33-13-6-7-20(32)17-37/h8-9,15-17,20H,6-7,10-14,32H2,1-5H3,(H,33,38)(H,34,39)/t20-/m1/s1. The summed E-state index contributed by atoms with van der Waals surface area (Å²) >= 11 is 1.23. The summed E-state index contributed by atoms with van der Waals surface area (Å²) in [6.45, 7) is 6.88. The average molecular weight is 626 g/mol. The summed E-state index contributed by atoms with van der Waals surface area (Å²) in [5.41, 5.74) is 9.35. The van der Waals surface area contributed by atoms with Crippen LogP contribution < -0.4 is 30.6 Å². The molecule has 0 aliphatic heterocycles. The van der Waals surface area contributed by atoms with Crippen molar-refractivity contribution in [2.75, 3.05) is 31.8 Å². The van der Waals surface area contributed by atoms with Crippen LogP contribution in [0.15, 0.2) is 33.8 Å². The van der Waals surface area contributed by atoms with Crippen LogP contribution in [0.25, 0.3) is 0 Å². The molecule has 0 saturated carbocycles. The second-order valence-corrected chi connectivity index (χ2v) is 12.2. The number of methoxy groups -OCH3 is 2. The molecule has 12 nitrogen and oxygen atoms in total. The number of fused-ring (bicyclic) bond motifs is 1. The number of thioether (sulfide) groups is 1. The molecule has 0 unspecified atom stereocenters. The van der Waals surface area contributed by atoms with Crippen LogP contribution in [0, 0.1) is 6.92 Å². The first kappa shape index (κ1) is 32.8. The predicted octanol–water partition coefficient (Wildman–Crippen LogP) is 4.57. The van der Waals surface area contributed by atoms with Crippen LogP contribution in [0.1, 0.15) is 66.8 Å². The summed E-state index contributed by atoms with van der Waals surface area (Å²) in [6, 6.07) is 6.81. The molecule has 13 heteroatoms. The van der Waals surface area contributed by atoms with Gasteiger partial charge in [-0.25, -0.2) is 0 Å². The second kappa shape index (κ2) is 14.6. The molecule has 4 N–H and O–H groups in total. The molecule has 1 atom stereocenters. The zero-order valence-corrected chi connectivity index (χ0v) is 26.5. The zero-order valence-electron chi connectivity index (χ0n) is 25.7. The van der Waals surface area contributed by atoms with Gasteiger partial charge in [0.05, 0.1) is 20.3 Å². The monoisotopic (exact) mass is 625 g/mol. The Morgan fingerprint density at radius 3 is 2.59 bits per heavy atom. The molecule has 1 aliphatic rings. The zero-order chi connectivity index (χ0) is 31.9. The van der Waals surface area contributed by atoms with Crippen LogP contribution in [0.2, 0.25) is 0 Å². The highest BCUT2D eigenvalue weighted by Gasteiger charge is 2.31. The molecule has 236 valence electrons. The van der Waals surface area contributed by atoms with Gasteiger partial charge in [0.2, 0.25) is 17.7 Å². The number of furan rings is 1. The van der Waals surface area contributed by atoms with E-state index in [0.29, 0.717) is 42.3 Å². The van der Waals surface area contributed by atoms with Crippen molar-refractivity contribution in [2.24, 2.45) is 5.73 Å². The summed E-state index contributed by atoms with van der Waals surface area (Å²) in [5, 5.41) is 5.81. The molecule has 0 bridgehead atoms. The average Bonchev–Trinajstić information content (AvgIpc) is 3.59. The molecule has 1 aromatic carbocycles. The molecule has 0 fully saturated rings. The van der Waals surface area contributed by atoms with Crippen molar-refractivity contribution in [1.29, 1.82) is 0 Å². The van der Waals surface area contributed by atoms with Gasteiger partial charge in [0.25, 0.3) is 11.9 Å². The number of rotatable bonds is 15.